The summed E-state index contributed by atoms with van der Waals surface area (Å²) in [5.74, 6) is 0.383. The van der Waals surface area contributed by atoms with Gasteiger partial charge in [0.1, 0.15) is 0 Å². The largest absolute Gasteiger partial charge is 0.479 e. The van der Waals surface area contributed by atoms with Crippen LogP contribution in [-0.4, -0.2) is 46.5 Å². The van der Waals surface area contributed by atoms with E-state index >= 15 is 0 Å². The second kappa shape index (κ2) is 3.57. The molecule has 2 atom stereocenters. The Kier molecular flexibility index (Phi) is 2.85. The van der Waals surface area contributed by atoms with E-state index in [0.717, 1.165) is 5.75 Å². The van der Waals surface area contributed by atoms with Crippen molar-refractivity contribution in [3.63, 3.8) is 0 Å². The van der Waals surface area contributed by atoms with Crippen LogP contribution in [0.1, 0.15) is 6.92 Å². The van der Waals surface area contributed by atoms with Gasteiger partial charge in [0.05, 0.1) is 0 Å². The quantitative estimate of drug-likeness (QED) is 0.669. The summed E-state index contributed by atoms with van der Waals surface area (Å²) in [7, 11) is 1.53. The van der Waals surface area contributed by atoms with Crippen LogP contribution in [0.2, 0.25) is 0 Å². The van der Waals surface area contributed by atoms with Gasteiger partial charge in [0.25, 0.3) is 0 Å². The molecular weight excluding hydrogens is 190 g/mol. The minimum Gasteiger partial charge on any atom is -0.479 e. The molecule has 4 nitrogen and oxygen atoms in total. The number of thioether (sulfide) groups is 1. The van der Waals surface area contributed by atoms with Gasteiger partial charge in [-0.2, -0.15) is 11.8 Å². The summed E-state index contributed by atoms with van der Waals surface area (Å²) in [5, 5.41) is 9.12. The van der Waals surface area contributed by atoms with Crippen LogP contribution in [0.3, 0.4) is 0 Å². The molecule has 0 aromatic carbocycles. The van der Waals surface area contributed by atoms with Gasteiger partial charge in [0.15, 0.2) is 5.54 Å². The van der Waals surface area contributed by atoms with Crippen molar-refractivity contribution in [3.8, 4) is 0 Å². The number of carboxylic acid groups (broad SMARTS) is 1. The number of nitrogens with zero attached hydrogens (tertiary/aromatic N) is 1. The summed E-state index contributed by atoms with van der Waals surface area (Å²) in [6.07, 6.45) is 0.594. The summed E-state index contributed by atoms with van der Waals surface area (Å²) in [4.78, 5) is 23.0. The first-order chi connectivity index (χ1) is 6.05. The third-order valence-corrected chi connectivity index (χ3v) is 4.04. The molecule has 1 fully saturated rings. The van der Waals surface area contributed by atoms with E-state index < -0.39 is 11.5 Å². The molecule has 1 aliphatic heterocycles. The second-order valence-electron chi connectivity index (χ2n) is 3.36. The van der Waals surface area contributed by atoms with E-state index in [0.29, 0.717) is 12.2 Å². The monoisotopic (exact) mass is 203 g/mol. The summed E-state index contributed by atoms with van der Waals surface area (Å²) >= 11 is 1.58. The maximum Gasteiger partial charge on any atom is 0.330 e. The fraction of sp³-hybridized carbons (Fsp3) is 0.750. The molecule has 13 heavy (non-hydrogen) atoms. The number of hydrogen-bond donors (Lipinski definition) is 1. The predicted octanol–water partition coefficient (Wildman–Crippen LogP) is 0.281. The molecule has 74 valence electrons. The molecule has 1 rings (SSSR count). The Bertz CT molecular complexity index is 233. The minimum atomic E-state index is -0.994. The molecule has 1 amide bonds. The van der Waals surface area contributed by atoms with Gasteiger partial charge in [0, 0.05) is 18.7 Å². The Hall–Kier alpha value is -0.710. The van der Waals surface area contributed by atoms with Crippen molar-refractivity contribution < 1.29 is 14.7 Å². The zero-order valence-corrected chi connectivity index (χ0v) is 8.50. The molecule has 0 bridgehead atoms. The smallest absolute Gasteiger partial charge is 0.330 e. The molecule has 0 spiro atoms. The zero-order valence-electron chi connectivity index (χ0n) is 7.69. The SMILES string of the molecule is CC1CSCC1(C(=O)O)N(C)C=O. The van der Waals surface area contributed by atoms with E-state index in [-0.39, 0.29) is 5.92 Å². The van der Waals surface area contributed by atoms with Crippen molar-refractivity contribution in [3.05, 3.63) is 0 Å². The molecule has 0 radical (unpaired) electrons. The van der Waals surface area contributed by atoms with Gasteiger partial charge in [-0.1, -0.05) is 6.92 Å². The van der Waals surface area contributed by atoms with Gasteiger partial charge in [-0.25, -0.2) is 4.79 Å². The Labute approximate surface area is 81.3 Å². The first-order valence-electron chi connectivity index (χ1n) is 4.05. The molecule has 1 aliphatic rings. The van der Waals surface area contributed by atoms with Crippen molar-refractivity contribution in [2.45, 2.75) is 12.5 Å². The van der Waals surface area contributed by atoms with Crippen molar-refractivity contribution in [2.75, 3.05) is 18.6 Å². The highest BCUT2D eigenvalue weighted by Crippen LogP contribution is 2.37. The highest BCUT2D eigenvalue weighted by Gasteiger charge is 2.50. The molecule has 0 aromatic heterocycles. The van der Waals surface area contributed by atoms with Crippen molar-refractivity contribution in [1.29, 1.82) is 0 Å². The molecule has 2 unspecified atom stereocenters. The van der Waals surface area contributed by atoms with Gasteiger partial charge in [0.2, 0.25) is 6.41 Å². The van der Waals surface area contributed by atoms with Gasteiger partial charge >= 0.3 is 5.97 Å². The number of hydrogen-bond acceptors (Lipinski definition) is 3. The number of aliphatic carboxylic acids is 1. The number of carbonyl (C=O) groups is 2. The lowest BCUT2D eigenvalue weighted by Crippen LogP contribution is -2.56. The molecule has 0 aliphatic carbocycles. The lowest BCUT2D eigenvalue weighted by molar-refractivity contribution is -0.154. The Morgan fingerprint density at radius 2 is 2.38 bits per heavy atom. The maximum atomic E-state index is 11.1. The van der Waals surface area contributed by atoms with Crippen LogP contribution >= 0.6 is 11.8 Å². The minimum absolute atomic E-state index is 0.00481. The molecule has 1 N–H and O–H groups in total. The first-order valence-corrected chi connectivity index (χ1v) is 5.20. The fourth-order valence-corrected chi connectivity index (χ4v) is 3.31. The second-order valence-corrected chi connectivity index (χ2v) is 4.39. The topological polar surface area (TPSA) is 57.6 Å². The van der Waals surface area contributed by atoms with Crippen molar-refractivity contribution >= 4 is 24.1 Å². The van der Waals surface area contributed by atoms with Gasteiger partial charge in [-0.15, -0.1) is 0 Å². The average molecular weight is 203 g/mol. The Morgan fingerprint density at radius 3 is 2.69 bits per heavy atom. The molecule has 5 heteroatoms. The van der Waals surface area contributed by atoms with Gasteiger partial charge in [-0.05, 0) is 5.75 Å². The molecule has 1 saturated heterocycles. The van der Waals surface area contributed by atoms with Crippen LogP contribution in [0, 0.1) is 5.92 Å². The molecule has 1 heterocycles. The van der Waals surface area contributed by atoms with E-state index in [2.05, 4.69) is 0 Å². The summed E-state index contributed by atoms with van der Waals surface area (Å²) in [6.45, 7) is 1.87. The van der Waals surface area contributed by atoms with E-state index in [1.54, 1.807) is 11.8 Å². The first kappa shape index (κ1) is 10.4. The number of likely N-dealkylation sites (N-methyl/N-ethyl adjacent to an activating group) is 1. The lowest BCUT2D eigenvalue weighted by Gasteiger charge is -2.35. The van der Waals surface area contributed by atoms with Crippen LogP contribution in [0.4, 0.5) is 0 Å². The van der Waals surface area contributed by atoms with Crippen LogP contribution in [-0.2, 0) is 9.59 Å². The predicted molar refractivity (Wildman–Crippen MR) is 50.7 cm³/mol. The van der Waals surface area contributed by atoms with Gasteiger partial charge < -0.3 is 10.0 Å². The summed E-state index contributed by atoms with van der Waals surface area (Å²) in [5.41, 5.74) is -0.994. The average Bonchev–Trinajstić information content (AvgIpc) is 2.47. The normalized spacial score (nSPS) is 32.9. The molecule has 0 saturated carbocycles. The third-order valence-electron chi connectivity index (χ3n) is 2.66. The van der Waals surface area contributed by atoms with E-state index in [1.807, 2.05) is 6.92 Å². The summed E-state index contributed by atoms with van der Waals surface area (Å²) in [6, 6.07) is 0. The standard InChI is InChI=1S/C8H13NO3S/c1-6-3-13-4-8(6,7(11)12)9(2)5-10/h5-6H,3-4H2,1-2H3,(H,11,12). The van der Waals surface area contributed by atoms with E-state index in [1.165, 1.54) is 11.9 Å². The molecular formula is C8H13NO3S. The van der Waals surface area contributed by atoms with Crippen LogP contribution in [0.15, 0.2) is 0 Å². The number of carbonyl (C=O) groups excluding carboxylic acids is 1. The third kappa shape index (κ3) is 1.41. The number of amides is 1. The molecule has 0 aromatic rings. The Balaban J connectivity index is 2.99. The number of carboxylic acids is 1. The van der Waals surface area contributed by atoms with Crippen LogP contribution in [0.25, 0.3) is 0 Å². The van der Waals surface area contributed by atoms with Crippen molar-refractivity contribution in [2.24, 2.45) is 5.92 Å². The van der Waals surface area contributed by atoms with E-state index in [9.17, 15) is 9.59 Å². The lowest BCUT2D eigenvalue weighted by atomic mass is 9.87. The maximum absolute atomic E-state index is 11.1. The van der Waals surface area contributed by atoms with E-state index in [4.69, 9.17) is 5.11 Å². The highest BCUT2D eigenvalue weighted by molar-refractivity contribution is 7.99. The van der Waals surface area contributed by atoms with Crippen LogP contribution < -0.4 is 0 Å². The van der Waals surface area contributed by atoms with Gasteiger partial charge in [-0.3, -0.25) is 4.79 Å². The van der Waals surface area contributed by atoms with Crippen LogP contribution in [0.5, 0.6) is 0 Å². The highest BCUT2D eigenvalue weighted by atomic mass is 32.2. The fourth-order valence-electron chi connectivity index (χ4n) is 1.64. The Morgan fingerprint density at radius 1 is 1.77 bits per heavy atom. The van der Waals surface area contributed by atoms with Crippen molar-refractivity contribution in [1.82, 2.24) is 4.90 Å². The zero-order chi connectivity index (χ0) is 10.1. The number of rotatable bonds is 3. The summed E-state index contributed by atoms with van der Waals surface area (Å²) < 4.78 is 0.